The molecule has 1 heterocycles. The van der Waals surface area contributed by atoms with Gasteiger partial charge in [-0.15, -0.1) is 11.8 Å². The number of nitrogens with one attached hydrogen (secondary N) is 1. The van der Waals surface area contributed by atoms with E-state index in [1.807, 2.05) is 60.3 Å². The molecule has 3 rings (SSSR count). The van der Waals surface area contributed by atoms with E-state index in [9.17, 15) is 4.79 Å². The first kappa shape index (κ1) is 18.3. The first-order valence-corrected chi connectivity index (χ1v) is 9.80. The molecule has 4 nitrogen and oxygen atoms in total. The molecule has 0 aliphatic heterocycles. The third-order valence-corrected chi connectivity index (χ3v) is 5.28. The molecule has 0 unspecified atom stereocenters. The fourth-order valence-corrected chi connectivity index (χ4v) is 3.59. The van der Waals surface area contributed by atoms with Crippen LogP contribution in [-0.2, 0) is 13.1 Å². The highest BCUT2D eigenvalue weighted by atomic mass is 32.2. The molecule has 0 spiro atoms. The van der Waals surface area contributed by atoms with Crippen molar-refractivity contribution < 1.29 is 4.79 Å². The van der Waals surface area contributed by atoms with Crippen molar-refractivity contribution in [2.24, 2.45) is 0 Å². The number of carbonyl (C=O) groups excluding carboxylic acids is 1. The quantitative estimate of drug-likeness (QED) is 0.666. The summed E-state index contributed by atoms with van der Waals surface area (Å²) < 4.78 is 2.00. The normalized spacial score (nSPS) is 10.7. The van der Waals surface area contributed by atoms with E-state index >= 15 is 0 Å². The van der Waals surface area contributed by atoms with Gasteiger partial charge in [0, 0.05) is 22.7 Å². The maximum atomic E-state index is 12.6. The largest absolute Gasteiger partial charge is 0.348 e. The Kier molecular flexibility index (Phi) is 5.78. The first-order chi connectivity index (χ1) is 12.6. The van der Waals surface area contributed by atoms with Gasteiger partial charge in [-0.1, -0.05) is 42.5 Å². The Balaban J connectivity index is 1.73. The van der Waals surface area contributed by atoms with Crippen molar-refractivity contribution in [2.75, 3.05) is 6.26 Å². The van der Waals surface area contributed by atoms with E-state index in [2.05, 4.69) is 29.5 Å². The lowest BCUT2D eigenvalue weighted by Crippen LogP contribution is -2.24. The summed E-state index contributed by atoms with van der Waals surface area (Å²) in [6.45, 7) is 5.26. The second-order valence-corrected chi connectivity index (χ2v) is 7.02. The van der Waals surface area contributed by atoms with Crippen LogP contribution in [0.5, 0.6) is 0 Å². The van der Waals surface area contributed by atoms with Crippen LogP contribution in [0.25, 0.3) is 0 Å². The Morgan fingerprint density at radius 1 is 1.08 bits per heavy atom. The van der Waals surface area contributed by atoms with Gasteiger partial charge in [-0.3, -0.25) is 9.48 Å². The number of amides is 1. The number of thioether (sulfide) groups is 1. The Labute approximate surface area is 158 Å². The molecule has 1 amide bonds. The average Bonchev–Trinajstić information content (AvgIpc) is 2.93. The highest BCUT2D eigenvalue weighted by molar-refractivity contribution is 7.98. The summed E-state index contributed by atoms with van der Waals surface area (Å²) in [4.78, 5) is 13.6. The minimum absolute atomic E-state index is 0.0513. The van der Waals surface area contributed by atoms with E-state index in [1.165, 1.54) is 5.56 Å². The summed E-state index contributed by atoms with van der Waals surface area (Å²) >= 11 is 1.58. The number of benzene rings is 2. The van der Waals surface area contributed by atoms with Gasteiger partial charge in [-0.05, 0) is 37.8 Å². The minimum Gasteiger partial charge on any atom is -0.348 e. The van der Waals surface area contributed by atoms with Gasteiger partial charge in [0.15, 0.2) is 0 Å². The molecule has 2 aromatic carbocycles. The van der Waals surface area contributed by atoms with Crippen LogP contribution in [0.2, 0.25) is 0 Å². The van der Waals surface area contributed by atoms with E-state index in [4.69, 9.17) is 0 Å². The van der Waals surface area contributed by atoms with E-state index in [0.717, 1.165) is 28.4 Å². The van der Waals surface area contributed by atoms with Gasteiger partial charge in [0.25, 0.3) is 5.91 Å². The zero-order chi connectivity index (χ0) is 18.5. The number of hydrogen-bond acceptors (Lipinski definition) is 3. The number of aryl methyl sites for hydroxylation is 1. The fourth-order valence-electron chi connectivity index (χ4n) is 3.00. The molecule has 0 saturated carbocycles. The fraction of sp³-hybridized carbons (Fsp3) is 0.238. The summed E-state index contributed by atoms with van der Waals surface area (Å²) in [6.07, 6.45) is 1.98. The van der Waals surface area contributed by atoms with Crippen molar-refractivity contribution in [3.63, 3.8) is 0 Å². The van der Waals surface area contributed by atoms with Crippen LogP contribution in [0.1, 0.15) is 32.9 Å². The van der Waals surface area contributed by atoms with E-state index in [1.54, 1.807) is 11.8 Å². The van der Waals surface area contributed by atoms with Gasteiger partial charge < -0.3 is 5.32 Å². The predicted octanol–water partition coefficient (Wildman–Crippen LogP) is 4.20. The number of carbonyl (C=O) groups is 1. The maximum Gasteiger partial charge on any atom is 0.252 e. The predicted molar refractivity (Wildman–Crippen MR) is 107 cm³/mol. The molecule has 1 aromatic heterocycles. The van der Waals surface area contributed by atoms with Crippen LogP contribution in [0, 0.1) is 13.8 Å². The third kappa shape index (κ3) is 3.99. The van der Waals surface area contributed by atoms with E-state index < -0.39 is 0 Å². The van der Waals surface area contributed by atoms with Crippen LogP contribution >= 0.6 is 11.8 Å². The molecule has 134 valence electrons. The number of nitrogens with zero attached hydrogens (tertiary/aromatic N) is 2. The summed E-state index contributed by atoms with van der Waals surface area (Å²) in [5.41, 5.74) is 5.05. The Hall–Kier alpha value is -2.53. The summed E-state index contributed by atoms with van der Waals surface area (Å²) in [6, 6.07) is 17.9. The standard InChI is InChI=1S/C21H23N3OS/c1-15-19(13-22-21(25)18-11-7-8-12-20(18)26-3)16(2)24(23-15)14-17-9-5-4-6-10-17/h4-12H,13-14H2,1-3H3,(H,22,25). The molecule has 1 N–H and O–H groups in total. The molecule has 0 aliphatic rings. The topological polar surface area (TPSA) is 46.9 Å². The van der Waals surface area contributed by atoms with Crippen molar-refractivity contribution in [1.82, 2.24) is 15.1 Å². The van der Waals surface area contributed by atoms with Crippen molar-refractivity contribution in [1.29, 1.82) is 0 Å². The molecule has 0 radical (unpaired) electrons. The Morgan fingerprint density at radius 3 is 2.50 bits per heavy atom. The van der Waals surface area contributed by atoms with Gasteiger partial charge in [0.2, 0.25) is 0 Å². The number of hydrogen-bond donors (Lipinski definition) is 1. The lowest BCUT2D eigenvalue weighted by Gasteiger charge is -2.09. The van der Waals surface area contributed by atoms with Crippen molar-refractivity contribution in [3.05, 3.63) is 82.7 Å². The molecule has 0 aliphatic carbocycles. The lowest BCUT2D eigenvalue weighted by molar-refractivity contribution is 0.0948. The maximum absolute atomic E-state index is 12.6. The van der Waals surface area contributed by atoms with Gasteiger partial charge in [-0.25, -0.2) is 0 Å². The van der Waals surface area contributed by atoms with Gasteiger partial charge in [0.05, 0.1) is 17.8 Å². The third-order valence-electron chi connectivity index (χ3n) is 4.48. The second-order valence-electron chi connectivity index (χ2n) is 6.18. The summed E-state index contributed by atoms with van der Waals surface area (Å²) in [7, 11) is 0. The van der Waals surface area contributed by atoms with Gasteiger partial charge in [0.1, 0.15) is 0 Å². The van der Waals surface area contributed by atoms with E-state index in [0.29, 0.717) is 12.1 Å². The average molecular weight is 366 g/mol. The Morgan fingerprint density at radius 2 is 1.77 bits per heavy atom. The van der Waals surface area contributed by atoms with Crippen LogP contribution in [-0.4, -0.2) is 21.9 Å². The molecule has 0 bridgehead atoms. The van der Waals surface area contributed by atoms with Crippen LogP contribution in [0.15, 0.2) is 59.5 Å². The molecule has 0 saturated heterocycles. The zero-order valence-electron chi connectivity index (χ0n) is 15.3. The van der Waals surface area contributed by atoms with Crippen LogP contribution in [0.3, 0.4) is 0 Å². The highest BCUT2D eigenvalue weighted by Gasteiger charge is 2.15. The summed E-state index contributed by atoms with van der Waals surface area (Å²) in [5.74, 6) is -0.0513. The van der Waals surface area contributed by atoms with Crippen molar-refractivity contribution in [2.45, 2.75) is 31.8 Å². The minimum atomic E-state index is -0.0513. The number of rotatable bonds is 6. The van der Waals surface area contributed by atoms with Crippen molar-refractivity contribution >= 4 is 17.7 Å². The molecular weight excluding hydrogens is 342 g/mol. The molecular formula is C21H23N3OS. The highest BCUT2D eigenvalue weighted by Crippen LogP contribution is 2.20. The molecule has 0 fully saturated rings. The zero-order valence-corrected chi connectivity index (χ0v) is 16.1. The lowest BCUT2D eigenvalue weighted by atomic mass is 10.1. The molecule has 26 heavy (non-hydrogen) atoms. The number of aromatic nitrogens is 2. The smallest absolute Gasteiger partial charge is 0.252 e. The van der Waals surface area contributed by atoms with Crippen molar-refractivity contribution in [3.8, 4) is 0 Å². The van der Waals surface area contributed by atoms with Crippen LogP contribution < -0.4 is 5.32 Å². The van der Waals surface area contributed by atoms with Gasteiger partial charge >= 0.3 is 0 Å². The van der Waals surface area contributed by atoms with E-state index in [-0.39, 0.29) is 5.91 Å². The Bertz CT molecular complexity index is 903. The molecule has 5 heteroatoms. The monoisotopic (exact) mass is 365 g/mol. The van der Waals surface area contributed by atoms with Gasteiger partial charge in [-0.2, -0.15) is 5.10 Å². The molecule has 0 atom stereocenters. The second kappa shape index (κ2) is 8.23. The SMILES string of the molecule is CSc1ccccc1C(=O)NCc1c(C)nn(Cc2ccccc2)c1C. The molecule has 3 aromatic rings. The summed E-state index contributed by atoms with van der Waals surface area (Å²) in [5, 5.41) is 7.69. The first-order valence-electron chi connectivity index (χ1n) is 8.58. The van der Waals surface area contributed by atoms with Crippen LogP contribution in [0.4, 0.5) is 0 Å².